The largest absolute Gasteiger partial charge is 0.384 e. The van der Waals surface area contributed by atoms with Gasteiger partial charge in [-0.25, -0.2) is 13.1 Å². The van der Waals surface area contributed by atoms with Gasteiger partial charge < -0.3 is 10.0 Å². The molecular formula is C15H22N2O3S. The van der Waals surface area contributed by atoms with Crippen molar-refractivity contribution in [3.05, 3.63) is 29.3 Å². The molecule has 0 fully saturated rings. The molecule has 0 atom stereocenters. The van der Waals surface area contributed by atoms with Gasteiger partial charge in [-0.3, -0.25) is 0 Å². The first-order valence-corrected chi connectivity index (χ1v) is 8.27. The number of aryl methyl sites for hydroxylation is 1. The Morgan fingerprint density at radius 3 is 2.71 bits per heavy atom. The summed E-state index contributed by atoms with van der Waals surface area (Å²) in [6, 6.07) is 4.98. The highest BCUT2D eigenvalue weighted by atomic mass is 32.2. The van der Waals surface area contributed by atoms with E-state index in [0.717, 1.165) is 12.1 Å². The Kier molecular flexibility index (Phi) is 6.85. The van der Waals surface area contributed by atoms with Gasteiger partial charge in [0.1, 0.15) is 6.61 Å². The minimum atomic E-state index is -3.60. The molecule has 1 aromatic carbocycles. The third-order valence-corrected chi connectivity index (χ3v) is 4.57. The summed E-state index contributed by atoms with van der Waals surface area (Å²) in [5.41, 5.74) is 1.32. The van der Waals surface area contributed by atoms with E-state index in [2.05, 4.69) is 16.6 Å². The molecule has 21 heavy (non-hydrogen) atoms. The number of likely N-dealkylation sites (N-methyl/N-ethyl adjacent to an activating group) is 1. The van der Waals surface area contributed by atoms with Gasteiger partial charge in [-0.15, -0.1) is 0 Å². The molecule has 116 valence electrons. The summed E-state index contributed by atoms with van der Waals surface area (Å²) in [6.07, 6.45) is 0. The van der Waals surface area contributed by atoms with Crippen molar-refractivity contribution in [3.8, 4) is 11.8 Å². The predicted octanol–water partition coefficient (Wildman–Crippen LogP) is 0.569. The Bertz CT molecular complexity index is 630. The number of nitrogens with zero attached hydrogens (tertiary/aromatic N) is 1. The fraction of sp³-hybridized carbons (Fsp3) is 0.467. The number of rotatable bonds is 6. The van der Waals surface area contributed by atoms with Gasteiger partial charge >= 0.3 is 0 Å². The zero-order valence-electron chi connectivity index (χ0n) is 12.7. The summed E-state index contributed by atoms with van der Waals surface area (Å²) in [5.74, 6) is 5.18. The molecule has 1 aromatic rings. The predicted molar refractivity (Wildman–Crippen MR) is 83.5 cm³/mol. The van der Waals surface area contributed by atoms with Crippen LogP contribution in [0.1, 0.15) is 18.1 Å². The van der Waals surface area contributed by atoms with Crippen molar-refractivity contribution in [1.29, 1.82) is 0 Å². The van der Waals surface area contributed by atoms with Crippen LogP contribution in [0.25, 0.3) is 0 Å². The van der Waals surface area contributed by atoms with Gasteiger partial charge in [-0.05, 0) is 38.2 Å². The molecule has 0 aliphatic carbocycles. The summed E-state index contributed by atoms with van der Waals surface area (Å²) in [4.78, 5) is 2.16. The number of aliphatic hydroxyl groups excluding tert-OH is 1. The van der Waals surface area contributed by atoms with Gasteiger partial charge in [0.25, 0.3) is 0 Å². The minimum absolute atomic E-state index is 0.146. The zero-order valence-corrected chi connectivity index (χ0v) is 13.5. The molecule has 5 nitrogen and oxygen atoms in total. The van der Waals surface area contributed by atoms with Crippen molar-refractivity contribution in [2.45, 2.75) is 18.7 Å². The molecule has 0 spiro atoms. The molecule has 2 N–H and O–H groups in total. The van der Waals surface area contributed by atoms with Crippen LogP contribution in [-0.4, -0.2) is 51.7 Å². The number of hydrogen-bond donors (Lipinski definition) is 2. The van der Waals surface area contributed by atoms with Crippen molar-refractivity contribution in [1.82, 2.24) is 9.62 Å². The van der Waals surface area contributed by atoms with Crippen LogP contribution in [-0.2, 0) is 10.0 Å². The second-order valence-electron chi connectivity index (χ2n) is 4.75. The molecule has 0 saturated carbocycles. The third kappa shape index (κ3) is 5.48. The van der Waals surface area contributed by atoms with Crippen molar-refractivity contribution < 1.29 is 13.5 Å². The van der Waals surface area contributed by atoms with E-state index >= 15 is 0 Å². The summed E-state index contributed by atoms with van der Waals surface area (Å²) in [7, 11) is -1.67. The summed E-state index contributed by atoms with van der Waals surface area (Å²) < 4.78 is 27.3. The SMILES string of the molecule is CCN(C)CCNS(=O)(=O)c1ccc(C)cc1C#CCO. The molecule has 0 amide bonds. The van der Waals surface area contributed by atoms with E-state index in [1.807, 2.05) is 25.8 Å². The number of benzene rings is 1. The lowest BCUT2D eigenvalue weighted by Crippen LogP contribution is -2.33. The molecule has 0 bridgehead atoms. The number of hydrogen-bond acceptors (Lipinski definition) is 4. The summed E-state index contributed by atoms with van der Waals surface area (Å²) >= 11 is 0. The van der Waals surface area contributed by atoms with E-state index in [1.54, 1.807) is 18.2 Å². The van der Waals surface area contributed by atoms with E-state index in [9.17, 15) is 8.42 Å². The molecule has 1 rings (SSSR count). The van der Waals surface area contributed by atoms with Crippen LogP contribution in [0.2, 0.25) is 0 Å². The highest BCUT2D eigenvalue weighted by Crippen LogP contribution is 2.16. The molecule has 0 heterocycles. The van der Waals surface area contributed by atoms with Crippen LogP contribution in [0.4, 0.5) is 0 Å². The van der Waals surface area contributed by atoms with E-state index in [-0.39, 0.29) is 11.5 Å². The molecule has 0 aliphatic rings. The van der Waals surface area contributed by atoms with E-state index in [1.165, 1.54) is 0 Å². The molecule has 0 unspecified atom stereocenters. The van der Waals surface area contributed by atoms with E-state index in [4.69, 9.17) is 5.11 Å². The van der Waals surface area contributed by atoms with E-state index < -0.39 is 10.0 Å². The second-order valence-corrected chi connectivity index (χ2v) is 6.49. The molecule has 0 aromatic heterocycles. The lowest BCUT2D eigenvalue weighted by molar-refractivity contribution is 0.350. The summed E-state index contributed by atoms with van der Waals surface area (Å²) in [5, 5.41) is 8.78. The Morgan fingerprint density at radius 1 is 1.38 bits per heavy atom. The van der Waals surface area contributed by atoms with Crippen molar-refractivity contribution in [2.75, 3.05) is 33.3 Å². The monoisotopic (exact) mass is 310 g/mol. The maximum absolute atomic E-state index is 12.3. The number of sulfonamides is 1. The van der Waals surface area contributed by atoms with E-state index in [0.29, 0.717) is 18.7 Å². The standard InChI is InChI=1S/C15H22N2O3S/c1-4-17(3)10-9-16-21(19,20)15-8-7-13(2)12-14(15)6-5-11-18/h7-8,12,16,18H,4,9-11H2,1-3H3. The van der Waals surface area contributed by atoms with Gasteiger partial charge in [-0.2, -0.15) is 0 Å². The average Bonchev–Trinajstić information content (AvgIpc) is 2.44. The smallest absolute Gasteiger partial charge is 0.241 e. The fourth-order valence-electron chi connectivity index (χ4n) is 1.72. The topological polar surface area (TPSA) is 69.6 Å². The van der Waals surface area contributed by atoms with Crippen LogP contribution in [0.15, 0.2) is 23.1 Å². The third-order valence-electron chi connectivity index (χ3n) is 3.05. The van der Waals surface area contributed by atoms with Crippen LogP contribution in [0.5, 0.6) is 0 Å². The van der Waals surface area contributed by atoms with Crippen LogP contribution in [0, 0.1) is 18.8 Å². The summed E-state index contributed by atoms with van der Waals surface area (Å²) in [6.45, 7) is 5.41. The lowest BCUT2D eigenvalue weighted by Gasteiger charge is -2.14. The zero-order chi connectivity index (χ0) is 15.9. The molecule has 0 aliphatic heterocycles. The highest BCUT2D eigenvalue weighted by molar-refractivity contribution is 7.89. The first-order valence-electron chi connectivity index (χ1n) is 6.79. The molecule has 0 saturated heterocycles. The van der Waals surface area contributed by atoms with Gasteiger partial charge in [0, 0.05) is 18.7 Å². The van der Waals surface area contributed by atoms with Crippen LogP contribution < -0.4 is 4.72 Å². The average molecular weight is 310 g/mol. The maximum Gasteiger partial charge on any atom is 0.241 e. The van der Waals surface area contributed by atoms with Gasteiger partial charge in [-0.1, -0.05) is 24.8 Å². The van der Waals surface area contributed by atoms with Gasteiger partial charge in [0.05, 0.1) is 4.90 Å². The van der Waals surface area contributed by atoms with Crippen molar-refractivity contribution in [3.63, 3.8) is 0 Å². The first kappa shape index (κ1) is 17.7. The number of aliphatic hydroxyl groups is 1. The highest BCUT2D eigenvalue weighted by Gasteiger charge is 2.17. The van der Waals surface area contributed by atoms with Gasteiger partial charge in [0.2, 0.25) is 10.0 Å². The first-order chi connectivity index (χ1) is 9.90. The quantitative estimate of drug-likeness (QED) is 0.754. The fourth-order valence-corrected chi connectivity index (χ4v) is 2.88. The van der Waals surface area contributed by atoms with Crippen LogP contribution >= 0.6 is 0 Å². The molecular weight excluding hydrogens is 288 g/mol. The second kappa shape index (κ2) is 8.15. The van der Waals surface area contributed by atoms with Crippen LogP contribution in [0.3, 0.4) is 0 Å². The minimum Gasteiger partial charge on any atom is -0.384 e. The van der Waals surface area contributed by atoms with Crippen molar-refractivity contribution in [2.24, 2.45) is 0 Å². The Labute approximate surface area is 127 Å². The maximum atomic E-state index is 12.3. The Balaban J connectivity index is 2.97. The van der Waals surface area contributed by atoms with Crippen molar-refractivity contribution >= 4 is 10.0 Å². The molecule has 0 radical (unpaired) electrons. The normalized spacial score (nSPS) is 11.3. The number of nitrogens with one attached hydrogen (secondary N) is 1. The van der Waals surface area contributed by atoms with Gasteiger partial charge in [0.15, 0.2) is 0 Å². The Morgan fingerprint density at radius 2 is 2.10 bits per heavy atom. The lowest BCUT2D eigenvalue weighted by atomic mass is 10.1. The Hall–Kier alpha value is -1.39. The molecule has 6 heteroatoms.